The lowest BCUT2D eigenvalue weighted by Gasteiger charge is -2.27. The normalized spacial score (nSPS) is 18.9. The molecular weight excluding hydrogens is 462 g/mol. The van der Waals surface area contributed by atoms with Gasteiger partial charge in [-0.05, 0) is 71.4 Å². The molecule has 0 aliphatic heterocycles. The number of rotatable bonds is 9. The monoisotopic (exact) mass is 491 g/mol. The van der Waals surface area contributed by atoms with Crippen molar-refractivity contribution in [2.24, 2.45) is 11.8 Å². The number of nitrogens with one attached hydrogen (secondary N) is 1. The molecule has 1 amide bonds. The molecule has 2 aromatic carbocycles. The lowest BCUT2D eigenvalue weighted by atomic mass is 9.79. The first-order valence-electron chi connectivity index (χ1n) is 12.1. The van der Waals surface area contributed by atoms with Crippen LogP contribution in [0.1, 0.15) is 50.2 Å². The van der Waals surface area contributed by atoms with Crippen molar-refractivity contribution >= 4 is 29.4 Å². The minimum absolute atomic E-state index is 0.0901. The molecule has 1 saturated carbocycles. The van der Waals surface area contributed by atoms with Crippen LogP contribution in [0.15, 0.2) is 60.9 Å². The van der Waals surface area contributed by atoms with E-state index in [9.17, 15) is 9.59 Å². The van der Waals surface area contributed by atoms with Gasteiger partial charge < -0.3 is 5.32 Å². The standard InChI is InChI=1S/C27H30ClN5O2/c1-19-7-9-21(10-8-19)16-26(34)24(15-20-5-3-2-4-6-20)30-27(35)14-11-22-17-23(28)12-13-25(22)33-18-29-31-32-33/h2-6,11-14,17-19,21,24H,7-10,15-16H2,1H3,(H,30,35)/b14-11+/t19?,21?,24-/m0/s1. The maximum absolute atomic E-state index is 13.3. The summed E-state index contributed by atoms with van der Waals surface area (Å²) in [4.78, 5) is 26.2. The number of carbonyl (C=O) groups is 2. The van der Waals surface area contributed by atoms with Crippen LogP contribution in [0.5, 0.6) is 0 Å². The smallest absolute Gasteiger partial charge is 0.244 e. The molecule has 1 aliphatic rings. The van der Waals surface area contributed by atoms with Crippen molar-refractivity contribution < 1.29 is 9.59 Å². The second kappa shape index (κ2) is 11.9. The number of Topliss-reactive ketones (excluding diaryl/α,β-unsaturated/α-hetero) is 1. The largest absolute Gasteiger partial charge is 0.342 e. The second-order valence-corrected chi connectivity index (χ2v) is 9.77. The van der Waals surface area contributed by atoms with Crippen LogP contribution in [0, 0.1) is 11.8 Å². The molecule has 0 bridgehead atoms. The van der Waals surface area contributed by atoms with Crippen LogP contribution in [0.2, 0.25) is 5.02 Å². The van der Waals surface area contributed by atoms with E-state index in [-0.39, 0.29) is 11.7 Å². The molecule has 1 N–H and O–H groups in total. The topological polar surface area (TPSA) is 89.8 Å². The summed E-state index contributed by atoms with van der Waals surface area (Å²) in [5.41, 5.74) is 2.39. The molecule has 7 nitrogen and oxygen atoms in total. The van der Waals surface area contributed by atoms with E-state index in [0.29, 0.717) is 35.0 Å². The lowest BCUT2D eigenvalue weighted by molar-refractivity contribution is -0.126. The van der Waals surface area contributed by atoms with Crippen molar-refractivity contribution in [2.75, 3.05) is 0 Å². The van der Waals surface area contributed by atoms with Crippen molar-refractivity contribution in [2.45, 2.75) is 51.5 Å². The van der Waals surface area contributed by atoms with Gasteiger partial charge in [0.1, 0.15) is 6.33 Å². The van der Waals surface area contributed by atoms with E-state index in [0.717, 1.165) is 24.3 Å². The average molecular weight is 492 g/mol. The molecule has 4 rings (SSSR count). The molecule has 182 valence electrons. The summed E-state index contributed by atoms with van der Waals surface area (Å²) in [6.07, 6.45) is 10.0. The van der Waals surface area contributed by atoms with Gasteiger partial charge in [-0.2, -0.15) is 4.68 Å². The molecule has 1 fully saturated rings. The Morgan fingerprint density at radius 2 is 1.91 bits per heavy atom. The SMILES string of the molecule is CC1CCC(CC(=O)[C@H](Cc2ccccc2)NC(=O)/C=C/c2cc(Cl)ccc2-n2cnnn2)CC1. The Balaban J connectivity index is 1.47. The predicted molar refractivity (Wildman–Crippen MR) is 136 cm³/mol. The number of halogens is 1. The van der Waals surface area contributed by atoms with Crippen molar-refractivity contribution in [3.8, 4) is 5.69 Å². The highest BCUT2D eigenvalue weighted by Crippen LogP contribution is 2.31. The summed E-state index contributed by atoms with van der Waals surface area (Å²) in [5.74, 6) is 0.886. The van der Waals surface area contributed by atoms with Crippen LogP contribution < -0.4 is 5.32 Å². The second-order valence-electron chi connectivity index (χ2n) is 9.34. The number of tetrazole rings is 1. The maximum atomic E-state index is 13.3. The Hall–Kier alpha value is -3.32. The minimum Gasteiger partial charge on any atom is -0.342 e. The first-order chi connectivity index (χ1) is 17.0. The zero-order chi connectivity index (χ0) is 24.6. The molecule has 0 spiro atoms. The Labute approximate surface area is 210 Å². The Kier molecular flexibility index (Phi) is 8.42. The van der Waals surface area contributed by atoms with Gasteiger partial charge in [0.25, 0.3) is 0 Å². The molecule has 1 aromatic heterocycles. The van der Waals surface area contributed by atoms with Crippen LogP contribution in [-0.4, -0.2) is 37.9 Å². The fraction of sp³-hybridized carbons (Fsp3) is 0.370. The minimum atomic E-state index is -0.577. The van der Waals surface area contributed by atoms with Crippen molar-refractivity contribution in [1.82, 2.24) is 25.5 Å². The zero-order valence-corrected chi connectivity index (χ0v) is 20.6. The summed E-state index contributed by atoms with van der Waals surface area (Å²) >= 11 is 6.17. The predicted octanol–water partition coefficient (Wildman–Crippen LogP) is 4.84. The number of aromatic nitrogens is 4. The van der Waals surface area contributed by atoms with E-state index in [1.807, 2.05) is 30.3 Å². The van der Waals surface area contributed by atoms with Gasteiger partial charge in [0.05, 0.1) is 11.7 Å². The van der Waals surface area contributed by atoms with E-state index >= 15 is 0 Å². The third-order valence-corrected chi connectivity index (χ3v) is 6.85. The van der Waals surface area contributed by atoms with Crippen molar-refractivity contribution in [1.29, 1.82) is 0 Å². The molecule has 1 atom stereocenters. The maximum Gasteiger partial charge on any atom is 0.244 e. The van der Waals surface area contributed by atoms with Gasteiger partial charge in [0.2, 0.25) is 5.91 Å². The van der Waals surface area contributed by atoms with Gasteiger partial charge in [-0.25, -0.2) is 0 Å². The first-order valence-corrected chi connectivity index (χ1v) is 12.4. The highest BCUT2D eigenvalue weighted by Gasteiger charge is 2.26. The number of carbonyl (C=O) groups excluding carboxylic acids is 2. The Morgan fingerprint density at radius 3 is 2.63 bits per heavy atom. The lowest BCUT2D eigenvalue weighted by Crippen LogP contribution is -2.42. The molecule has 35 heavy (non-hydrogen) atoms. The highest BCUT2D eigenvalue weighted by atomic mass is 35.5. The summed E-state index contributed by atoms with van der Waals surface area (Å²) < 4.78 is 1.50. The van der Waals surface area contributed by atoms with E-state index < -0.39 is 6.04 Å². The fourth-order valence-corrected chi connectivity index (χ4v) is 4.76. The van der Waals surface area contributed by atoms with Gasteiger partial charge in [0, 0.05) is 23.1 Å². The summed E-state index contributed by atoms with van der Waals surface area (Å²) in [5, 5.41) is 14.7. The average Bonchev–Trinajstić information content (AvgIpc) is 3.39. The van der Waals surface area contributed by atoms with E-state index in [1.165, 1.54) is 29.9 Å². The van der Waals surface area contributed by atoms with E-state index in [4.69, 9.17) is 11.6 Å². The van der Waals surface area contributed by atoms with Crippen molar-refractivity contribution in [3.05, 3.63) is 77.1 Å². The number of hydrogen-bond acceptors (Lipinski definition) is 5. The van der Waals surface area contributed by atoms with Gasteiger partial charge in [-0.1, -0.05) is 61.7 Å². The number of hydrogen-bond donors (Lipinski definition) is 1. The number of nitrogens with zero attached hydrogens (tertiary/aromatic N) is 4. The van der Waals surface area contributed by atoms with Gasteiger partial charge in [-0.15, -0.1) is 5.10 Å². The molecule has 8 heteroatoms. The molecular formula is C27H30ClN5O2. The third-order valence-electron chi connectivity index (χ3n) is 6.61. The van der Waals surface area contributed by atoms with Crippen LogP contribution >= 0.6 is 11.6 Å². The summed E-state index contributed by atoms with van der Waals surface area (Å²) in [6, 6.07) is 14.5. The zero-order valence-electron chi connectivity index (χ0n) is 19.8. The Bertz CT molecular complexity index is 1160. The molecule has 0 saturated heterocycles. The van der Waals surface area contributed by atoms with Gasteiger partial charge in [0.15, 0.2) is 5.78 Å². The molecule has 3 aromatic rings. The quantitative estimate of drug-likeness (QED) is 0.432. The van der Waals surface area contributed by atoms with Crippen LogP contribution in [-0.2, 0) is 16.0 Å². The number of ketones is 1. The molecule has 1 aliphatic carbocycles. The van der Waals surface area contributed by atoms with Crippen LogP contribution in [0.25, 0.3) is 11.8 Å². The van der Waals surface area contributed by atoms with Crippen LogP contribution in [0.4, 0.5) is 0 Å². The summed E-state index contributed by atoms with van der Waals surface area (Å²) in [7, 11) is 0. The number of benzene rings is 2. The third kappa shape index (κ3) is 7.09. The fourth-order valence-electron chi connectivity index (χ4n) is 4.58. The first kappa shape index (κ1) is 24.8. The molecule has 0 unspecified atom stereocenters. The van der Waals surface area contributed by atoms with Gasteiger partial charge in [-0.3, -0.25) is 9.59 Å². The van der Waals surface area contributed by atoms with E-state index in [2.05, 4.69) is 27.8 Å². The van der Waals surface area contributed by atoms with E-state index in [1.54, 1.807) is 24.3 Å². The molecule has 0 radical (unpaired) electrons. The summed E-state index contributed by atoms with van der Waals surface area (Å²) in [6.45, 7) is 2.27. The number of amides is 1. The Morgan fingerprint density at radius 1 is 1.14 bits per heavy atom. The van der Waals surface area contributed by atoms with Crippen LogP contribution in [0.3, 0.4) is 0 Å². The van der Waals surface area contributed by atoms with Gasteiger partial charge >= 0.3 is 0 Å². The van der Waals surface area contributed by atoms with Crippen molar-refractivity contribution in [3.63, 3.8) is 0 Å². The molecule has 1 heterocycles. The highest BCUT2D eigenvalue weighted by molar-refractivity contribution is 6.30.